The first-order chi connectivity index (χ1) is 17.4. The number of nitrogens with one attached hydrogen (secondary N) is 2. The Morgan fingerprint density at radius 3 is 2.86 bits per heavy atom. The molecule has 2 aliphatic heterocycles. The third kappa shape index (κ3) is 6.81. The Labute approximate surface area is 209 Å². The Morgan fingerprint density at radius 2 is 2.08 bits per heavy atom. The highest BCUT2D eigenvalue weighted by Gasteiger charge is 2.24. The second-order valence-electron chi connectivity index (χ2n) is 8.94. The summed E-state index contributed by atoms with van der Waals surface area (Å²) < 4.78 is 26.0. The van der Waals surface area contributed by atoms with Gasteiger partial charge in [-0.05, 0) is 37.6 Å². The second-order valence-corrected chi connectivity index (χ2v) is 8.94. The van der Waals surface area contributed by atoms with Gasteiger partial charge in [0.05, 0.1) is 13.2 Å². The molecule has 1 saturated heterocycles. The number of dihydropyridines is 1. The normalized spacial score (nSPS) is 20.1. The van der Waals surface area contributed by atoms with Gasteiger partial charge in [-0.2, -0.15) is 0 Å². The van der Waals surface area contributed by atoms with Crippen LogP contribution in [0, 0.1) is 0 Å². The second kappa shape index (κ2) is 12.0. The predicted molar refractivity (Wildman–Crippen MR) is 134 cm³/mol. The first-order valence-electron chi connectivity index (χ1n) is 12.2. The number of allylic oxidation sites excluding steroid dienone is 4. The van der Waals surface area contributed by atoms with Crippen LogP contribution in [-0.2, 0) is 14.3 Å². The van der Waals surface area contributed by atoms with E-state index in [9.17, 15) is 14.0 Å². The van der Waals surface area contributed by atoms with E-state index < -0.39 is 12.0 Å². The van der Waals surface area contributed by atoms with Crippen LogP contribution in [0.15, 0.2) is 71.2 Å². The average molecular weight is 499 g/mol. The molecule has 1 aliphatic carbocycles. The summed E-state index contributed by atoms with van der Waals surface area (Å²) in [6.45, 7) is 4.48. The van der Waals surface area contributed by atoms with Crippen molar-refractivity contribution in [1.29, 1.82) is 0 Å². The van der Waals surface area contributed by atoms with Crippen molar-refractivity contribution in [2.45, 2.75) is 38.8 Å². The van der Waals surface area contributed by atoms with E-state index in [0.717, 1.165) is 18.8 Å². The third-order valence-corrected chi connectivity index (χ3v) is 6.19. The average Bonchev–Trinajstić information content (AvgIpc) is 2.86. The van der Waals surface area contributed by atoms with E-state index in [1.807, 2.05) is 24.3 Å². The number of benzene rings is 1. The van der Waals surface area contributed by atoms with Crippen LogP contribution in [0.1, 0.15) is 32.6 Å². The molecule has 1 aromatic carbocycles. The minimum Gasteiger partial charge on any atom is -0.454 e. The molecule has 1 fully saturated rings. The van der Waals surface area contributed by atoms with Gasteiger partial charge in [0.2, 0.25) is 0 Å². The summed E-state index contributed by atoms with van der Waals surface area (Å²) in [6.07, 6.45) is 5.55. The lowest BCUT2D eigenvalue weighted by Crippen LogP contribution is -2.87. The largest absolute Gasteiger partial charge is 0.454 e. The molecule has 0 bridgehead atoms. The van der Waals surface area contributed by atoms with Gasteiger partial charge in [-0.3, -0.25) is 5.32 Å². The molecule has 0 radical (unpaired) electrons. The smallest absolute Gasteiger partial charge is 0.422 e. The maximum atomic E-state index is 14.7. The van der Waals surface area contributed by atoms with Crippen LogP contribution in [0.25, 0.3) is 0 Å². The number of carbonyl (C=O) groups excluding carboxylic acids is 2. The van der Waals surface area contributed by atoms with Gasteiger partial charge in [0.1, 0.15) is 29.2 Å². The third-order valence-electron chi connectivity index (χ3n) is 6.19. The number of amides is 2. The van der Waals surface area contributed by atoms with Crippen LogP contribution in [0.3, 0.4) is 0 Å². The maximum Gasteiger partial charge on any atom is 0.422 e. The summed E-state index contributed by atoms with van der Waals surface area (Å²) in [5.41, 5.74) is 9.17. The van der Waals surface area contributed by atoms with Crippen molar-refractivity contribution in [3.05, 3.63) is 71.2 Å². The lowest BCUT2D eigenvalue weighted by molar-refractivity contribution is -0.501. The van der Waals surface area contributed by atoms with E-state index >= 15 is 0 Å². The standard InChI is InChI=1S/C26H32FN5O4/c1-17(33)5-7-21-23(9-10-29-25(21)28)36-24-16-19(6-8-22(24)27)31-26(34)30-18-3-2-4-20(15-18)32-11-13-35-14-12-32/h2-4,9-10,15-16,25,29H,5-8,11-14,28H2,1H3,(H2,30,31,34)/p+1. The highest BCUT2D eigenvalue weighted by Crippen LogP contribution is 2.28. The first kappa shape index (κ1) is 25.6. The minimum atomic E-state index is -0.523. The van der Waals surface area contributed by atoms with Crippen LogP contribution in [0.2, 0.25) is 0 Å². The number of rotatable bonds is 8. The number of nitrogens with zero attached hydrogens (tertiary/aromatic N) is 1. The number of Topliss-reactive ketones (excluding diaryl/α,β-unsaturated/α-hetero) is 1. The van der Waals surface area contributed by atoms with Crippen molar-refractivity contribution in [2.24, 2.45) is 5.73 Å². The Hall–Kier alpha value is -3.47. The molecule has 0 aromatic heterocycles. The van der Waals surface area contributed by atoms with Crippen molar-refractivity contribution in [1.82, 2.24) is 5.32 Å². The first-order valence-corrected chi connectivity index (χ1v) is 12.2. The van der Waals surface area contributed by atoms with Crippen molar-refractivity contribution in [2.75, 3.05) is 36.5 Å². The molecule has 6 N–H and O–H groups in total. The van der Waals surface area contributed by atoms with E-state index in [0.29, 0.717) is 55.2 Å². The fourth-order valence-electron chi connectivity index (χ4n) is 4.24. The topological polar surface area (TPSA) is 123 Å². The van der Waals surface area contributed by atoms with Gasteiger partial charge >= 0.3 is 6.03 Å². The van der Waals surface area contributed by atoms with Crippen LogP contribution in [-0.4, -0.2) is 44.3 Å². The Morgan fingerprint density at radius 1 is 1.28 bits per heavy atom. The molecule has 1 aromatic rings. The zero-order valence-corrected chi connectivity index (χ0v) is 20.4. The molecule has 36 heavy (non-hydrogen) atoms. The molecule has 3 aliphatic rings. The van der Waals surface area contributed by atoms with E-state index in [2.05, 4.69) is 15.5 Å². The van der Waals surface area contributed by atoms with Crippen molar-refractivity contribution < 1.29 is 28.8 Å². The number of ketones is 1. The molecule has 4 rings (SSSR count). The number of urea groups is 1. The number of halogens is 1. The molecule has 9 nitrogen and oxygen atoms in total. The molecule has 0 spiro atoms. The zero-order valence-electron chi connectivity index (χ0n) is 20.4. The molecule has 2 amide bonds. The molecule has 1 unspecified atom stereocenters. The van der Waals surface area contributed by atoms with E-state index in [-0.39, 0.29) is 24.0 Å². The Bertz CT molecular complexity index is 1120. The van der Waals surface area contributed by atoms with Crippen molar-refractivity contribution in [3.63, 3.8) is 0 Å². The van der Waals surface area contributed by atoms with E-state index in [1.165, 1.54) is 12.2 Å². The number of carbonyl (C=O) groups is 2. The summed E-state index contributed by atoms with van der Waals surface area (Å²) in [6, 6.07) is 7.38. The van der Waals surface area contributed by atoms with Crippen molar-refractivity contribution in [3.8, 4) is 0 Å². The fourth-order valence-corrected chi connectivity index (χ4v) is 4.24. The number of morpholine rings is 1. The fraction of sp³-hybridized carbons (Fsp3) is 0.385. The quantitative estimate of drug-likeness (QED) is 0.434. The van der Waals surface area contributed by atoms with Crippen LogP contribution < -0.4 is 26.6 Å². The number of quaternary nitrogens is 1. The lowest BCUT2D eigenvalue weighted by Gasteiger charge is -2.29. The van der Waals surface area contributed by atoms with Gasteiger partial charge in [-0.15, -0.1) is 0 Å². The molecule has 2 heterocycles. The monoisotopic (exact) mass is 498 g/mol. The SMILES string of the molecule is CC(=O)CCC1=C(OC2=C(F)CCC([NH2+]C(=O)Nc3cccc(N4CCOCC4)c3)=C2)C=CNC1N. The van der Waals surface area contributed by atoms with Gasteiger partial charge in [-0.1, -0.05) is 6.07 Å². The zero-order chi connectivity index (χ0) is 25.5. The number of hydrogen-bond acceptors (Lipinski definition) is 7. The highest BCUT2D eigenvalue weighted by molar-refractivity contribution is 5.83. The van der Waals surface area contributed by atoms with Gasteiger partial charge in [0, 0.05) is 61.6 Å². The Balaban J connectivity index is 1.41. The molecular formula is C26H33FN5O4+. The van der Waals surface area contributed by atoms with Crippen LogP contribution >= 0.6 is 0 Å². The number of anilines is 2. The van der Waals surface area contributed by atoms with Gasteiger partial charge < -0.3 is 30.2 Å². The maximum absolute atomic E-state index is 14.7. The molecule has 1 atom stereocenters. The van der Waals surface area contributed by atoms with Crippen molar-refractivity contribution >= 4 is 23.2 Å². The molecule has 192 valence electrons. The predicted octanol–water partition coefficient (Wildman–Crippen LogP) is 2.52. The Kier molecular flexibility index (Phi) is 8.52. The summed E-state index contributed by atoms with van der Waals surface area (Å²) in [5, 5.41) is 7.33. The van der Waals surface area contributed by atoms with E-state index in [4.69, 9.17) is 15.2 Å². The van der Waals surface area contributed by atoms with Gasteiger partial charge in [0.15, 0.2) is 5.76 Å². The summed E-state index contributed by atoms with van der Waals surface area (Å²) in [5.74, 6) is 0.0906. The highest BCUT2D eigenvalue weighted by atomic mass is 19.1. The van der Waals surface area contributed by atoms with Gasteiger partial charge in [-0.25, -0.2) is 14.5 Å². The summed E-state index contributed by atoms with van der Waals surface area (Å²) in [7, 11) is 0. The van der Waals surface area contributed by atoms with E-state index in [1.54, 1.807) is 18.4 Å². The molecule has 10 heteroatoms. The van der Waals surface area contributed by atoms with Gasteiger partial charge in [0.25, 0.3) is 0 Å². The summed E-state index contributed by atoms with van der Waals surface area (Å²) in [4.78, 5) is 26.4. The minimum absolute atomic E-state index is 0.0324. The van der Waals surface area contributed by atoms with Crippen LogP contribution in [0.5, 0.6) is 0 Å². The summed E-state index contributed by atoms with van der Waals surface area (Å²) >= 11 is 0. The lowest BCUT2D eigenvalue weighted by atomic mass is 10.0. The number of nitrogens with two attached hydrogens (primary N) is 2. The number of ether oxygens (including phenoxy) is 2. The molecular weight excluding hydrogens is 465 g/mol. The van der Waals surface area contributed by atoms with Crippen LogP contribution in [0.4, 0.5) is 20.6 Å². The molecule has 0 saturated carbocycles. The number of hydrogen-bond donors (Lipinski definition) is 4. The number of primary amides is 1.